The fourth-order valence-corrected chi connectivity index (χ4v) is 8.99. The molecule has 1 unspecified atom stereocenters. The number of benzene rings is 1. The average Bonchev–Trinajstić information content (AvgIpc) is 3.35. The number of nitrogens with one attached hydrogen (secondary N) is 2. The van der Waals surface area contributed by atoms with Crippen molar-refractivity contribution in [1.82, 2.24) is 20.4 Å². The van der Waals surface area contributed by atoms with E-state index in [1.54, 1.807) is 32.6 Å². The minimum absolute atomic E-state index is 0.0446. The summed E-state index contributed by atoms with van der Waals surface area (Å²) in [6.45, 7) is 13.5. The minimum atomic E-state index is -4.33. The van der Waals surface area contributed by atoms with Crippen LogP contribution in [-0.4, -0.2) is 81.9 Å². The van der Waals surface area contributed by atoms with E-state index in [9.17, 15) is 28.6 Å². The van der Waals surface area contributed by atoms with Crippen molar-refractivity contribution in [3.8, 4) is 0 Å². The van der Waals surface area contributed by atoms with E-state index in [1.165, 1.54) is 16.5 Å². The molecule has 14 heteroatoms. The second kappa shape index (κ2) is 14.4. The van der Waals surface area contributed by atoms with Crippen LogP contribution < -0.4 is 10.6 Å². The van der Waals surface area contributed by atoms with Gasteiger partial charge in [0, 0.05) is 25.4 Å². The first-order valence-electron chi connectivity index (χ1n) is 17.3. The van der Waals surface area contributed by atoms with Crippen LogP contribution in [0.5, 0.6) is 0 Å². The van der Waals surface area contributed by atoms with Crippen LogP contribution in [0.15, 0.2) is 30.9 Å². The number of carbonyl (C=O) groups is 4. The van der Waals surface area contributed by atoms with Crippen LogP contribution in [0.4, 0.5) is 9.59 Å². The zero-order valence-corrected chi connectivity index (χ0v) is 30.1. The highest BCUT2D eigenvalue weighted by Crippen LogP contribution is 2.70. The van der Waals surface area contributed by atoms with Gasteiger partial charge in [0.05, 0.1) is 19.8 Å². The Hall–Kier alpha value is -3.41. The summed E-state index contributed by atoms with van der Waals surface area (Å²) in [5.74, 6) is -1.67. The Bertz CT molecular complexity index is 1510. The third-order valence-electron chi connectivity index (χ3n) is 10.1. The highest BCUT2D eigenvalue weighted by Gasteiger charge is 2.67. The summed E-state index contributed by atoms with van der Waals surface area (Å²) in [6.07, 6.45) is 3.04. The first-order chi connectivity index (χ1) is 23.1. The van der Waals surface area contributed by atoms with Crippen LogP contribution in [0, 0.1) is 17.3 Å². The maximum Gasteiger partial charge on any atom is 0.410 e. The molecule has 3 heterocycles. The normalized spacial score (nSPS) is 30.8. The molecule has 1 aliphatic carbocycles. The highest BCUT2D eigenvalue weighted by molar-refractivity contribution is 7.55. The lowest BCUT2D eigenvalue weighted by Crippen LogP contribution is -2.58. The van der Waals surface area contributed by atoms with Crippen molar-refractivity contribution >= 4 is 31.6 Å². The van der Waals surface area contributed by atoms with Gasteiger partial charge in [-0.15, -0.1) is 6.58 Å². The van der Waals surface area contributed by atoms with Crippen molar-refractivity contribution in [2.24, 2.45) is 17.3 Å². The molecule has 1 aromatic rings. The van der Waals surface area contributed by atoms with Crippen LogP contribution in [-0.2, 0) is 47.7 Å². The lowest BCUT2D eigenvalue weighted by atomic mass is 9.85. The smallest absolute Gasteiger partial charge is 0.410 e. The number of fused-ring (bicyclic) bond motifs is 3. The van der Waals surface area contributed by atoms with Crippen LogP contribution in [0.25, 0.3) is 0 Å². The number of amides is 4. The molecule has 13 nitrogen and oxygen atoms in total. The van der Waals surface area contributed by atoms with E-state index in [4.69, 9.17) is 14.0 Å². The minimum Gasteiger partial charge on any atom is -0.449 e. The Balaban J connectivity index is 1.44. The van der Waals surface area contributed by atoms with Crippen LogP contribution in [0.1, 0.15) is 83.4 Å². The summed E-state index contributed by atoms with van der Waals surface area (Å²) in [6, 6.07) is 3.84. The first kappa shape index (κ1) is 36.9. The molecule has 4 bridgehead atoms. The van der Waals surface area contributed by atoms with Gasteiger partial charge >= 0.3 is 19.8 Å². The topological polar surface area (TPSA) is 164 Å². The molecule has 4 amide bonds. The molecule has 1 saturated heterocycles. The third-order valence-corrected chi connectivity index (χ3v) is 12.4. The zero-order valence-electron chi connectivity index (χ0n) is 29.2. The molecule has 0 radical (unpaired) electrons. The Labute approximate surface area is 288 Å². The van der Waals surface area contributed by atoms with Crippen molar-refractivity contribution in [2.45, 2.75) is 110 Å². The monoisotopic (exact) mass is 702 g/mol. The summed E-state index contributed by atoms with van der Waals surface area (Å²) in [5, 5.41) is 3.87. The molecule has 2 fully saturated rings. The third kappa shape index (κ3) is 7.84. The molecule has 49 heavy (non-hydrogen) atoms. The average molecular weight is 703 g/mol. The van der Waals surface area contributed by atoms with E-state index >= 15 is 0 Å². The number of nitrogens with zero attached hydrogens (tertiary/aromatic N) is 2. The molecule has 7 atom stereocenters. The van der Waals surface area contributed by atoms with Gasteiger partial charge in [-0.3, -0.25) is 19.1 Å². The molecule has 3 N–H and O–H groups in total. The van der Waals surface area contributed by atoms with Crippen molar-refractivity contribution in [2.75, 3.05) is 19.8 Å². The summed E-state index contributed by atoms with van der Waals surface area (Å²) in [4.78, 5) is 68.8. The molecule has 4 aliphatic rings. The van der Waals surface area contributed by atoms with Gasteiger partial charge < -0.3 is 34.4 Å². The Morgan fingerprint density at radius 2 is 1.96 bits per heavy atom. The predicted molar refractivity (Wildman–Crippen MR) is 181 cm³/mol. The van der Waals surface area contributed by atoms with Crippen molar-refractivity contribution in [1.29, 1.82) is 0 Å². The van der Waals surface area contributed by atoms with Gasteiger partial charge in [0.1, 0.15) is 23.5 Å². The summed E-state index contributed by atoms with van der Waals surface area (Å²) in [5.41, 5.74) is 2.57. The zero-order chi connectivity index (χ0) is 35.7. The molecular formula is C35H51N4O9P. The quantitative estimate of drug-likeness (QED) is 0.278. The number of alkyl carbamates (subject to hydrolysis) is 1. The summed E-state index contributed by atoms with van der Waals surface area (Å²) in [7, 11) is -4.33. The van der Waals surface area contributed by atoms with E-state index in [2.05, 4.69) is 23.3 Å². The van der Waals surface area contributed by atoms with Crippen molar-refractivity contribution < 1.29 is 42.6 Å². The fourth-order valence-electron chi connectivity index (χ4n) is 7.21. The van der Waals surface area contributed by atoms with Crippen LogP contribution in [0.2, 0.25) is 0 Å². The Morgan fingerprint density at radius 3 is 2.63 bits per heavy atom. The number of rotatable bonds is 6. The van der Waals surface area contributed by atoms with E-state index in [-0.39, 0.29) is 38.5 Å². The molecule has 270 valence electrons. The maximum atomic E-state index is 14.3. The molecular weight excluding hydrogens is 651 g/mol. The lowest BCUT2D eigenvalue weighted by Gasteiger charge is -2.35. The van der Waals surface area contributed by atoms with Crippen molar-refractivity contribution in [3.05, 3.63) is 47.5 Å². The fraction of sp³-hybridized carbons (Fsp3) is 0.657. The van der Waals surface area contributed by atoms with Crippen LogP contribution in [0.3, 0.4) is 0 Å². The number of ether oxygens (including phenoxy) is 2. The molecule has 3 aliphatic heterocycles. The van der Waals surface area contributed by atoms with Gasteiger partial charge in [0.15, 0.2) is 0 Å². The SMILES string of the molecule is C=C[C@@H]1C[C@]1(NC(=O)[C@@H]1C[C@@H]2CN1C(=O)[C@H](C(C)(C)C)NC(=O)OC[C@H](C)CCCCc1cccc3c1CN(C3)C(=O)O2)P(=O)(O)OCC. The number of cyclic esters (lactones) is 1. The number of hydrogen-bond donors (Lipinski definition) is 3. The maximum absolute atomic E-state index is 14.3. The molecule has 0 spiro atoms. The van der Waals surface area contributed by atoms with Gasteiger partial charge in [-0.2, -0.15) is 0 Å². The molecule has 0 aromatic heterocycles. The van der Waals surface area contributed by atoms with Gasteiger partial charge in [0.2, 0.25) is 11.8 Å². The lowest BCUT2D eigenvalue weighted by molar-refractivity contribution is -0.142. The van der Waals surface area contributed by atoms with E-state index in [1.807, 2.05) is 19.1 Å². The number of hydrogen-bond acceptors (Lipinski definition) is 8. The van der Waals surface area contributed by atoms with Crippen molar-refractivity contribution in [3.63, 3.8) is 0 Å². The van der Waals surface area contributed by atoms with Crippen LogP contribution >= 0.6 is 7.60 Å². The first-order valence-corrected chi connectivity index (χ1v) is 18.9. The van der Waals surface area contributed by atoms with Gasteiger partial charge in [-0.1, -0.05) is 58.4 Å². The highest BCUT2D eigenvalue weighted by atomic mass is 31.2. The standard InChI is InChI=1S/C35H51N4O9P/c1-7-25-17-35(25,49(44,45)47-8-2)37-30(40)28-16-26-19-39(28)31(41)29(34(4,5)6)36-32(42)46-21-22(3)12-9-10-13-23-14-11-15-24-18-38(20-27(23)24)33(43)48-26/h7,11,14-15,22,25-26,28-29H,1,8-10,12-13,16-21H2,2-6H3,(H,36,42)(H,37,40)(H,44,45)/t22-,25-,26-,28+,29-,35+/m1/s1. The second-order valence-electron chi connectivity index (χ2n) is 14.9. The van der Waals surface area contributed by atoms with Gasteiger partial charge in [-0.05, 0) is 60.6 Å². The predicted octanol–water partition coefficient (Wildman–Crippen LogP) is 4.85. The summed E-state index contributed by atoms with van der Waals surface area (Å²) >= 11 is 0. The largest absolute Gasteiger partial charge is 0.449 e. The van der Waals surface area contributed by atoms with Gasteiger partial charge in [0.25, 0.3) is 0 Å². The summed E-state index contributed by atoms with van der Waals surface area (Å²) < 4.78 is 30.0. The Kier molecular flexibility index (Phi) is 10.9. The number of aryl methyl sites for hydroxylation is 1. The number of carbonyl (C=O) groups excluding carboxylic acids is 4. The van der Waals surface area contributed by atoms with E-state index in [0.717, 1.165) is 36.8 Å². The van der Waals surface area contributed by atoms with Gasteiger partial charge in [-0.25, -0.2) is 9.59 Å². The second-order valence-corrected chi connectivity index (χ2v) is 17.0. The molecule has 5 rings (SSSR count). The van der Waals surface area contributed by atoms with E-state index < -0.39 is 66.4 Å². The van der Waals surface area contributed by atoms with E-state index in [0.29, 0.717) is 13.1 Å². The molecule has 1 saturated carbocycles. The Morgan fingerprint density at radius 1 is 1.22 bits per heavy atom. The molecule has 1 aromatic carbocycles.